The average Bonchev–Trinajstić information content (AvgIpc) is 2.91. The Bertz CT molecular complexity index is 785. The van der Waals surface area contributed by atoms with E-state index in [0.717, 1.165) is 12.8 Å². The molecule has 45 heavy (non-hydrogen) atoms. The van der Waals surface area contributed by atoms with Crippen LogP contribution in [-0.2, 0) is 27.3 Å². The molecule has 0 aliphatic rings. The second-order valence-corrected chi connectivity index (χ2v) is 21.2. The lowest BCUT2D eigenvalue weighted by Gasteiger charge is -2.39. The summed E-state index contributed by atoms with van der Waals surface area (Å²) >= 11 is 0. The highest BCUT2D eigenvalue weighted by molar-refractivity contribution is 7.48. The van der Waals surface area contributed by atoms with Gasteiger partial charge in [0.15, 0.2) is 8.32 Å². The van der Waals surface area contributed by atoms with Crippen molar-refractivity contribution in [1.82, 2.24) is 5.32 Å². The van der Waals surface area contributed by atoms with Gasteiger partial charge < -0.3 is 19.6 Å². The van der Waals surface area contributed by atoms with Crippen LogP contribution in [0.1, 0.15) is 151 Å². The summed E-state index contributed by atoms with van der Waals surface area (Å²) in [5.74, 6) is 0. The number of rotatable bonds is 29. The summed E-state index contributed by atoms with van der Waals surface area (Å²) in [5, 5.41) is 11.0. The Hall–Kier alpha value is -0.483. The van der Waals surface area contributed by atoms with Gasteiger partial charge in [0.2, 0.25) is 0 Å². The topological polar surface area (TPSA) is 113 Å². The van der Waals surface area contributed by atoms with Crippen molar-refractivity contribution in [2.45, 2.75) is 181 Å². The van der Waals surface area contributed by atoms with Gasteiger partial charge in [-0.25, -0.2) is 9.36 Å². The van der Waals surface area contributed by atoms with Gasteiger partial charge in [-0.1, -0.05) is 124 Å². The minimum atomic E-state index is -3.99. The fourth-order valence-electron chi connectivity index (χ4n) is 4.59. The number of carbonyl (C=O) groups is 1. The maximum atomic E-state index is 13.5. The Morgan fingerprint density at radius 2 is 1.20 bits per heavy atom. The average molecular weight is 682 g/mol. The number of nitrogens with one attached hydrogen (secondary N) is 1. The third-order valence-electron chi connectivity index (χ3n) is 8.15. The van der Waals surface area contributed by atoms with Gasteiger partial charge in [-0.3, -0.25) is 13.6 Å². The summed E-state index contributed by atoms with van der Waals surface area (Å²) in [4.78, 5) is 10.8. The number of carboxylic acid groups (broad SMARTS) is 1. The molecule has 0 aliphatic heterocycles. The van der Waals surface area contributed by atoms with E-state index in [1.165, 1.54) is 89.9 Å². The zero-order chi connectivity index (χ0) is 34.2. The third-order valence-corrected chi connectivity index (χ3v) is 14.4. The van der Waals surface area contributed by atoms with Crippen molar-refractivity contribution in [3.05, 3.63) is 0 Å². The highest BCUT2D eigenvalue weighted by Crippen LogP contribution is 2.52. The first-order valence-electron chi connectivity index (χ1n) is 17.8. The minimum Gasteiger partial charge on any atom is -0.465 e. The molecule has 0 aromatic rings. The molecule has 0 saturated heterocycles. The van der Waals surface area contributed by atoms with Gasteiger partial charge in [0.25, 0.3) is 0 Å². The lowest BCUT2D eigenvalue weighted by atomic mass is 10.0. The maximum absolute atomic E-state index is 13.5. The van der Waals surface area contributed by atoms with E-state index in [9.17, 15) is 9.36 Å². The Labute approximate surface area is 278 Å². The molecule has 2 atom stereocenters. The van der Waals surface area contributed by atoms with Crippen LogP contribution in [0.25, 0.3) is 0 Å². The van der Waals surface area contributed by atoms with Crippen LogP contribution in [0.5, 0.6) is 0 Å². The molecule has 0 aliphatic carbocycles. The molecule has 9 nitrogen and oxygen atoms in total. The van der Waals surface area contributed by atoms with Gasteiger partial charge in [0, 0.05) is 13.2 Å². The van der Waals surface area contributed by atoms with Gasteiger partial charge in [0.1, 0.15) is 0 Å². The Morgan fingerprint density at radius 3 is 1.62 bits per heavy atom. The lowest BCUT2D eigenvalue weighted by molar-refractivity contribution is -0.00722. The second-order valence-electron chi connectivity index (χ2n) is 14.9. The van der Waals surface area contributed by atoms with E-state index >= 15 is 0 Å². The monoisotopic (exact) mass is 681 g/mol. The highest BCUT2D eigenvalue weighted by Gasteiger charge is 2.40. The van der Waals surface area contributed by atoms with Gasteiger partial charge in [0.05, 0.1) is 31.5 Å². The van der Waals surface area contributed by atoms with E-state index < -0.39 is 33.9 Å². The van der Waals surface area contributed by atoms with Crippen molar-refractivity contribution in [3.63, 3.8) is 0 Å². The van der Waals surface area contributed by atoms with Gasteiger partial charge >= 0.3 is 13.9 Å². The zero-order valence-corrected chi connectivity index (χ0v) is 32.6. The van der Waals surface area contributed by atoms with Crippen molar-refractivity contribution in [2.75, 3.05) is 33.0 Å². The number of unbranched alkanes of at least 4 members (excludes halogenated alkanes) is 15. The van der Waals surface area contributed by atoms with Crippen LogP contribution in [0.3, 0.4) is 0 Å². The Morgan fingerprint density at radius 1 is 0.733 bits per heavy atom. The number of hydrogen-bond donors (Lipinski definition) is 2. The van der Waals surface area contributed by atoms with Gasteiger partial charge in [-0.2, -0.15) is 0 Å². The summed E-state index contributed by atoms with van der Waals surface area (Å²) < 4.78 is 43.0. The minimum absolute atomic E-state index is 0.0226. The first kappa shape index (κ1) is 44.5. The molecule has 0 aromatic heterocycles. The van der Waals surface area contributed by atoms with E-state index in [1.54, 1.807) is 20.8 Å². The van der Waals surface area contributed by atoms with Crippen molar-refractivity contribution in [2.24, 2.45) is 0 Å². The fraction of sp³-hybridized carbons (Fsp3) is 0.971. The largest absolute Gasteiger partial charge is 0.475 e. The number of phosphoric acid groups is 1. The number of phosphoric ester groups is 1. The number of ether oxygens (including phenoxy) is 1. The smallest absolute Gasteiger partial charge is 0.465 e. The molecule has 0 spiro atoms. The summed E-state index contributed by atoms with van der Waals surface area (Å²) in [6.45, 7) is 19.1. The van der Waals surface area contributed by atoms with E-state index in [1.807, 2.05) is 0 Å². The molecule has 0 heterocycles. The molecule has 2 unspecified atom stereocenters. The summed E-state index contributed by atoms with van der Waals surface area (Å²) in [6, 6.07) is 0. The van der Waals surface area contributed by atoms with Gasteiger partial charge in [-0.05, 0) is 45.3 Å². The zero-order valence-electron chi connectivity index (χ0n) is 30.7. The Balaban J connectivity index is 4.50. The standard InChI is InChI=1S/C34H72NO8PSi/c1-10-11-12-13-14-15-16-17-18-19-20-21-22-23-24-25-27-39-29-31(42-45(8,9)34(5,6)7)30-41-44(38,43-33(2,3)4)40-28-26-35-32(36)37/h31,35H,10-30H2,1-9H3,(H,36,37). The molecule has 270 valence electrons. The predicted octanol–water partition coefficient (Wildman–Crippen LogP) is 10.9. The highest BCUT2D eigenvalue weighted by atomic mass is 31.2. The quantitative estimate of drug-likeness (QED) is 0.0456. The number of amides is 1. The molecule has 1 amide bonds. The van der Waals surface area contributed by atoms with Gasteiger partial charge in [-0.15, -0.1) is 0 Å². The first-order valence-corrected chi connectivity index (χ1v) is 22.2. The predicted molar refractivity (Wildman–Crippen MR) is 189 cm³/mol. The van der Waals surface area contributed by atoms with Crippen LogP contribution in [0, 0.1) is 0 Å². The SMILES string of the molecule is CCCCCCCCCCCCCCCCCCOCC(COP(=O)(OCCNC(=O)O)OC(C)(C)C)O[Si](C)(C)C(C)(C)C. The van der Waals surface area contributed by atoms with Crippen molar-refractivity contribution in [3.8, 4) is 0 Å². The van der Waals surface area contributed by atoms with Crippen LogP contribution in [0.2, 0.25) is 18.1 Å². The van der Waals surface area contributed by atoms with E-state index in [0.29, 0.717) is 13.2 Å². The molecule has 11 heteroatoms. The molecule has 0 saturated carbocycles. The molecular weight excluding hydrogens is 609 g/mol. The number of hydrogen-bond acceptors (Lipinski definition) is 7. The lowest BCUT2D eigenvalue weighted by Crippen LogP contribution is -2.46. The molecule has 0 aromatic carbocycles. The van der Waals surface area contributed by atoms with Crippen LogP contribution in [0.15, 0.2) is 0 Å². The first-order chi connectivity index (χ1) is 21.0. The molecule has 0 rings (SSSR count). The van der Waals surface area contributed by atoms with E-state index in [-0.39, 0.29) is 24.8 Å². The maximum Gasteiger partial charge on any atom is 0.475 e. The van der Waals surface area contributed by atoms with Crippen LogP contribution < -0.4 is 5.32 Å². The van der Waals surface area contributed by atoms with E-state index in [2.05, 4.69) is 46.1 Å². The van der Waals surface area contributed by atoms with Crippen molar-refractivity contribution < 1.29 is 37.2 Å². The summed E-state index contributed by atoms with van der Waals surface area (Å²) in [6.07, 6.45) is 19.7. The normalized spacial score (nSPS) is 14.8. The summed E-state index contributed by atoms with van der Waals surface area (Å²) in [7, 11) is -6.17. The van der Waals surface area contributed by atoms with Crippen molar-refractivity contribution in [1.29, 1.82) is 0 Å². The molecule has 0 radical (unpaired) electrons. The molecule has 0 bridgehead atoms. The summed E-state index contributed by atoms with van der Waals surface area (Å²) in [5.41, 5.74) is -0.796. The molecule has 2 N–H and O–H groups in total. The fourth-order valence-corrected chi connectivity index (χ4v) is 7.43. The van der Waals surface area contributed by atoms with Crippen LogP contribution >= 0.6 is 7.82 Å². The van der Waals surface area contributed by atoms with Crippen LogP contribution in [0.4, 0.5) is 4.79 Å². The van der Waals surface area contributed by atoms with E-state index in [4.69, 9.17) is 27.8 Å². The second kappa shape index (κ2) is 24.6. The molecule has 0 fully saturated rings. The van der Waals surface area contributed by atoms with Crippen LogP contribution in [-0.4, -0.2) is 64.2 Å². The Kier molecular flexibility index (Phi) is 24.4. The molecular formula is C34H72NO8PSi. The van der Waals surface area contributed by atoms with Crippen molar-refractivity contribution >= 4 is 22.2 Å². The third kappa shape index (κ3) is 26.2.